The fraction of sp³-hybridized carbons (Fsp3) is 0.118. The van der Waals surface area contributed by atoms with E-state index in [9.17, 15) is 9.59 Å². The summed E-state index contributed by atoms with van der Waals surface area (Å²) < 4.78 is 10.1. The van der Waals surface area contributed by atoms with Gasteiger partial charge in [0, 0.05) is 33.4 Å². The molecule has 0 amide bonds. The van der Waals surface area contributed by atoms with Crippen LogP contribution in [0.15, 0.2) is 42.7 Å². The molecule has 6 nitrogen and oxygen atoms in total. The van der Waals surface area contributed by atoms with Gasteiger partial charge in [-0.05, 0) is 30.3 Å². The van der Waals surface area contributed by atoms with Gasteiger partial charge in [0.1, 0.15) is 5.65 Å². The summed E-state index contributed by atoms with van der Waals surface area (Å²) in [5.41, 5.74) is 1.13. The van der Waals surface area contributed by atoms with E-state index in [1.54, 1.807) is 12.3 Å². The number of aromatic amines is 1. The molecule has 0 aliphatic carbocycles. The van der Waals surface area contributed by atoms with Gasteiger partial charge >= 0.3 is 11.9 Å². The number of benzene rings is 1. The van der Waals surface area contributed by atoms with Gasteiger partial charge in [0.25, 0.3) is 0 Å². The lowest BCUT2D eigenvalue weighted by atomic mass is 10.1. The summed E-state index contributed by atoms with van der Waals surface area (Å²) in [4.78, 5) is 31.7. The molecule has 1 aromatic carbocycles. The third kappa shape index (κ3) is 3.60. The van der Waals surface area contributed by atoms with Crippen LogP contribution in [0.1, 0.15) is 22.0 Å². The number of aromatic nitrogens is 2. The monoisotopic (exact) mass is 378 g/mol. The van der Waals surface area contributed by atoms with Gasteiger partial charge in [-0.2, -0.15) is 0 Å². The van der Waals surface area contributed by atoms with Gasteiger partial charge in [0.15, 0.2) is 0 Å². The van der Waals surface area contributed by atoms with E-state index in [0.29, 0.717) is 26.6 Å². The van der Waals surface area contributed by atoms with E-state index in [0.717, 1.165) is 0 Å². The quantitative estimate of drug-likeness (QED) is 0.695. The number of methoxy groups -OCH3 is 1. The first-order valence-corrected chi connectivity index (χ1v) is 7.92. The minimum absolute atomic E-state index is 0.272. The van der Waals surface area contributed by atoms with Gasteiger partial charge in [-0.25, -0.2) is 14.6 Å². The van der Waals surface area contributed by atoms with Crippen molar-refractivity contribution < 1.29 is 19.1 Å². The topological polar surface area (TPSA) is 81.3 Å². The van der Waals surface area contributed by atoms with Crippen LogP contribution in [0.25, 0.3) is 11.0 Å². The molecule has 0 radical (unpaired) electrons. The summed E-state index contributed by atoms with van der Waals surface area (Å²) in [7, 11) is 1.20. The number of rotatable bonds is 4. The molecule has 1 unspecified atom stereocenters. The molecule has 1 atom stereocenters. The van der Waals surface area contributed by atoms with Crippen LogP contribution >= 0.6 is 23.2 Å². The molecule has 0 aliphatic rings. The summed E-state index contributed by atoms with van der Waals surface area (Å²) in [5.74, 6) is -1.44. The molecular formula is C17H12Cl2N2O4. The van der Waals surface area contributed by atoms with Crippen molar-refractivity contribution in [2.45, 2.75) is 6.10 Å². The second kappa shape index (κ2) is 7.13. The van der Waals surface area contributed by atoms with Crippen LogP contribution in [0.2, 0.25) is 10.0 Å². The van der Waals surface area contributed by atoms with Gasteiger partial charge in [-0.15, -0.1) is 0 Å². The van der Waals surface area contributed by atoms with Crippen LogP contribution in [0.3, 0.4) is 0 Å². The van der Waals surface area contributed by atoms with Crippen molar-refractivity contribution in [1.29, 1.82) is 0 Å². The lowest BCUT2D eigenvalue weighted by Crippen LogP contribution is -2.21. The van der Waals surface area contributed by atoms with Crippen LogP contribution in [0, 0.1) is 0 Å². The second-order valence-electron chi connectivity index (χ2n) is 5.11. The molecule has 0 fully saturated rings. The maximum Gasteiger partial charge on any atom is 0.351 e. The van der Waals surface area contributed by atoms with Crippen molar-refractivity contribution in [2.75, 3.05) is 7.11 Å². The number of pyridine rings is 1. The zero-order valence-corrected chi connectivity index (χ0v) is 14.5. The molecule has 25 heavy (non-hydrogen) atoms. The highest BCUT2D eigenvalue weighted by Gasteiger charge is 2.28. The average Bonchev–Trinajstić information content (AvgIpc) is 3.06. The normalized spacial score (nSPS) is 12.0. The van der Waals surface area contributed by atoms with Gasteiger partial charge in [0.05, 0.1) is 12.7 Å². The smallest absolute Gasteiger partial charge is 0.351 e. The Morgan fingerprint density at radius 2 is 1.88 bits per heavy atom. The number of esters is 2. The molecule has 0 aliphatic heterocycles. The van der Waals surface area contributed by atoms with Gasteiger partial charge in [-0.1, -0.05) is 23.2 Å². The predicted octanol–water partition coefficient (Wildman–Crippen LogP) is 3.94. The van der Waals surface area contributed by atoms with Crippen molar-refractivity contribution in [3.8, 4) is 0 Å². The molecule has 0 saturated carbocycles. The van der Waals surface area contributed by atoms with Crippen molar-refractivity contribution in [1.82, 2.24) is 9.97 Å². The minimum Gasteiger partial charge on any atom is -0.466 e. The van der Waals surface area contributed by atoms with Gasteiger partial charge in [0.2, 0.25) is 6.10 Å². The first-order valence-electron chi connectivity index (χ1n) is 7.16. The van der Waals surface area contributed by atoms with Crippen LogP contribution < -0.4 is 0 Å². The lowest BCUT2D eigenvalue weighted by Gasteiger charge is -2.17. The Morgan fingerprint density at radius 1 is 1.16 bits per heavy atom. The largest absolute Gasteiger partial charge is 0.466 e. The van der Waals surface area contributed by atoms with E-state index in [1.165, 1.54) is 37.6 Å². The van der Waals surface area contributed by atoms with Crippen molar-refractivity contribution in [2.24, 2.45) is 0 Å². The third-order valence-electron chi connectivity index (χ3n) is 3.51. The Hall–Kier alpha value is -2.57. The van der Waals surface area contributed by atoms with Crippen LogP contribution in [0.5, 0.6) is 0 Å². The summed E-state index contributed by atoms with van der Waals surface area (Å²) in [5, 5.41) is 1.20. The Kier molecular flexibility index (Phi) is 4.92. The van der Waals surface area contributed by atoms with E-state index in [-0.39, 0.29) is 5.56 Å². The highest BCUT2D eigenvalue weighted by Crippen LogP contribution is 2.28. The number of hydrogen-bond donors (Lipinski definition) is 1. The number of carbonyl (C=O) groups excluding carboxylic acids is 2. The maximum atomic E-state index is 12.6. The number of ether oxygens (including phenoxy) is 2. The van der Waals surface area contributed by atoms with E-state index in [2.05, 4.69) is 9.97 Å². The molecule has 128 valence electrons. The Morgan fingerprint density at radius 3 is 2.56 bits per heavy atom. The number of halogens is 2. The molecule has 3 rings (SSSR count). The number of nitrogens with zero attached hydrogens (tertiary/aromatic N) is 1. The standard InChI is InChI=1S/C17H12Cl2N2O4/c1-24-17(23)14(9-6-10(18)8-11(19)7-9)25-16(22)13-3-5-21-15-12(13)2-4-20-15/h2-8,14H,1H3,(H,20,21). The van der Waals surface area contributed by atoms with Crippen LogP contribution in [-0.4, -0.2) is 29.0 Å². The molecule has 0 spiro atoms. The van der Waals surface area contributed by atoms with Gasteiger partial charge < -0.3 is 14.5 Å². The summed E-state index contributed by atoms with van der Waals surface area (Å²) >= 11 is 11.9. The van der Waals surface area contributed by atoms with Crippen molar-refractivity contribution in [3.05, 3.63) is 63.9 Å². The molecular weight excluding hydrogens is 367 g/mol. The Balaban J connectivity index is 1.96. The van der Waals surface area contributed by atoms with E-state index < -0.39 is 18.0 Å². The Bertz CT molecular complexity index is 934. The van der Waals surface area contributed by atoms with E-state index in [4.69, 9.17) is 32.7 Å². The van der Waals surface area contributed by atoms with Crippen molar-refractivity contribution >= 4 is 46.2 Å². The fourth-order valence-electron chi connectivity index (χ4n) is 2.40. The number of fused-ring (bicyclic) bond motifs is 1. The lowest BCUT2D eigenvalue weighted by molar-refractivity contribution is -0.151. The number of carbonyl (C=O) groups is 2. The predicted molar refractivity (Wildman–Crippen MR) is 92.7 cm³/mol. The van der Waals surface area contributed by atoms with E-state index in [1.807, 2.05) is 0 Å². The third-order valence-corrected chi connectivity index (χ3v) is 3.94. The molecule has 2 aromatic heterocycles. The zero-order valence-electron chi connectivity index (χ0n) is 13.0. The second-order valence-corrected chi connectivity index (χ2v) is 5.98. The molecule has 1 N–H and O–H groups in total. The summed E-state index contributed by atoms with van der Waals surface area (Å²) in [6.07, 6.45) is 1.83. The zero-order chi connectivity index (χ0) is 18.0. The SMILES string of the molecule is COC(=O)C(OC(=O)c1ccnc2[nH]ccc12)c1cc(Cl)cc(Cl)c1. The average molecular weight is 379 g/mol. The first-order chi connectivity index (χ1) is 12.0. The highest BCUT2D eigenvalue weighted by molar-refractivity contribution is 6.34. The Labute approximate surface area is 152 Å². The molecule has 3 aromatic rings. The van der Waals surface area contributed by atoms with Crippen LogP contribution in [0.4, 0.5) is 0 Å². The molecule has 2 heterocycles. The molecule has 0 bridgehead atoms. The van der Waals surface area contributed by atoms with Gasteiger partial charge in [-0.3, -0.25) is 0 Å². The van der Waals surface area contributed by atoms with E-state index >= 15 is 0 Å². The van der Waals surface area contributed by atoms with Crippen molar-refractivity contribution in [3.63, 3.8) is 0 Å². The minimum atomic E-state index is -1.30. The van der Waals surface area contributed by atoms with Crippen LogP contribution in [-0.2, 0) is 14.3 Å². The molecule has 0 saturated heterocycles. The first kappa shape index (κ1) is 17.3. The summed E-state index contributed by atoms with van der Waals surface area (Å²) in [6.45, 7) is 0. The number of nitrogens with one attached hydrogen (secondary N) is 1. The number of H-pyrrole nitrogens is 1. The number of hydrogen-bond acceptors (Lipinski definition) is 5. The summed E-state index contributed by atoms with van der Waals surface area (Å²) in [6, 6.07) is 7.69. The highest BCUT2D eigenvalue weighted by atomic mass is 35.5. The molecule has 8 heteroatoms. The fourth-order valence-corrected chi connectivity index (χ4v) is 2.94. The maximum absolute atomic E-state index is 12.6.